The number of aliphatic imine (C=N–C) groups is 1. The molecule has 0 fully saturated rings. The maximum absolute atomic E-state index is 12.4. The molecule has 0 aliphatic rings. The summed E-state index contributed by atoms with van der Waals surface area (Å²) in [5, 5.41) is 6.18. The van der Waals surface area contributed by atoms with E-state index in [0.29, 0.717) is 37.1 Å². The highest BCUT2D eigenvalue weighted by atomic mass is 19.3. The Bertz CT molecular complexity index is 496. The number of rotatable bonds is 10. The SMILES string of the molecule is CN=C(NCCOCCC(C)C)NCc1ccccc1OC(F)F. The molecule has 0 aliphatic carbocycles. The third-order valence-corrected chi connectivity index (χ3v) is 3.24. The lowest BCUT2D eigenvalue weighted by atomic mass is 10.1. The Balaban J connectivity index is 2.34. The van der Waals surface area contributed by atoms with Gasteiger partial charge < -0.3 is 20.1 Å². The fourth-order valence-corrected chi connectivity index (χ4v) is 1.92. The number of halogens is 2. The first-order valence-corrected chi connectivity index (χ1v) is 8.08. The number of hydrogen-bond acceptors (Lipinski definition) is 3. The molecule has 0 atom stereocenters. The van der Waals surface area contributed by atoms with Crippen molar-refractivity contribution in [3.05, 3.63) is 29.8 Å². The van der Waals surface area contributed by atoms with Gasteiger partial charge in [0.05, 0.1) is 6.61 Å². The van der Waals surface area contributed by atoms with E-state index in [1.807, 2.05) is 0 Å². The Morgan fingerprint density at radius 1 is 1.17 bits per heavy atom. The molecule has 0 spiro atoms. The molecule has 0 amide bonds. The third kappa shape index (κ3) is 8.67. The van der Waals surface area contributed by atoms with Crippen LogP contribution in [0.3, 0.4) is 0 Å². The van der Waals surface area contributed by atoms with Crippen molar-refractivity contribution in [2.24, 2.45) is 10.9 Å². The topological polar surface area (TPSA) is 54.9 Å². The molecule has 0 aliphatic heterocycles. The van der Waals surface area contributed by atoms with Gasteiger partial charge in [-0.2, -0.15) is 8.78 Å². The van der Waals surface area contributed by atoms with Crippen LogP contribution in [-0.4, -0.2) is 39.4 Å². The number of hydrogen-bond donors (Lipinski definition) is 2. The molecule has 0 bridgehead atoms. The summed E-state index contributed by atoms with van der Waals surface area (Å²) in [4.78, 5) is 4.09. The van der Waals surface area contributed by atoms with Gasteiger partial charge in [0.25, 0.3) is 0 Å². The van der Waals surface area contributed by atoms with E-state index in [4.69, 9.17) is 4.74 Å². The minimum Gasteiger partial charge on any atom is -0.434 e. The maximum Gasteiger partial charge on any atom is 0.387 e. The van der Waals surface area contributed by atoms with Crippen LogP contribution in [0.15, 0.2) is 29.3 Å². The Hall–Kier alpha value is -1.89. The van der Waals surface area contributed by atoms with E-state index >= 15 is 0 Å². The maximum atomic E-state index is 12.4. The van der Waals surface area contributed by atoms with Gasteiger partial charge in [-0.3, -0.25) is 4.99 Å². The zero-order chi connectivity index (χ0) is 17.8. The van der Waals surface area contributed by atoms with E-state index in [0.717, 1.165) is 13.0 Å². The second-order valence-corrected chi connectivity index (χ2v) is 5.63. The molecule has 0 heterocycles. The van der Waals surface area contributed by atoms with Crippen molar-refractivity contribution >= 4 is 5.96 Å². The zero-order valence-electron chi connectivity index (χ0n) is 14.5. The Morgan fingerprint density at radius 2 is 1.92 bits per heavy atom. The molecule has 1 rings (SSSR count). The first-order valence-electron chi connectivity index (χ1n) is 8.08. The van der Waals surface area contributed by atoms with Gasteiger partial charge in [0.15, 0.2) is 5.96 Å². The summed E-state index contributed by atoms with van der Waals surface area (Å²) >= 11 is 0. The largest absolute Gasteiger partial charge is 0.434 e. The second-order valence-electron chi connectivity index (χ2n) is 5.63. The summed E-state index contributed by atoms with van der Waals surface area (Å²) in [6.45, 7) is 3.74. The fraction of sp³-hybridized carbons (Fsp3) is 0.588. The molecular weight excluding hydrogens is 316 g/mol. The predicted molar refractivity (Wildman–Crippen MR) is 91.5 cm³/mol. The number of alkyl halides is 2. The Kier molecular flexibility index (Phi) is 9.76. The van der Waals surface area contributed by atoms with Gasteiger partial charge in [0, 0.05) is 32.3 Å². The minimum atomic E-state index is -2.84. The van der Waals surface area contributed by atoms with Crippen molar-refractivity contribution in [2.75, 3.05) is 26.8 Å². The van der Waals surface area contributed by atoms with Gasteiger partial charge in [-0.05, 0) is 18.4 Å². The normalized spacial score (nSPS) is 11.9. The standard InChI is InChI=1S/C17H27F2N3O2/c1-13(2)8-10-23-11-9-21-17(20-3)22-12-14-6-4-5-7-15(14)24-16(18)19/h4-7,13,16H,8-12H2,1-3H3,(H2,20,21,22). The van der Waals surface area contributed by atoms with Gasteiger partial charge in [-0.15, -0.1) is 0 Å². The zero-order valence-corrected chi connectivity index (χ0v) is 14.5. The van der Waals surface area contributed by atoms with Crippen LogP contribution in [0.25, 0.3) is 0 Å². The molecule has 0 radical (unpaired) electrons. The Morgan fingerprint density at radius 3 is 2.58 bits per heavy atom. The minimum absolute atomic E-state index is 0.160. The number of nitrogens with one attached hydrogen (secondary N) is 2. The molecule has 136 valence electrons. The van der Waals surface area contributed by atoms with Crippen LogP contribution >= 0.6 is 0 Å². The van der Waals surface area contributed by atoms with E-state index in [-0.39, 0.29) is 5.75 Å². The molecule has 0 saturated heterocycles. The van der Waals surface area contributed by atoms with Gasteiger partial charge >= 0.3 is 6.61 Å². The predicted octanol–water partition coefficient (Wildman–Crippen LogP) is 3.02. The molecule has 1 aromatic rings. The van der Waals surface area contributed by atoms with E-state index in [1.165, 1.54) is 6.07 Å². The van der Waals surface area contributed by atoms with Crippen LogP contribution in [0.4, 0.5) is 8.78 Å². The summed E-state index contributed by atoms with van der Waals surface area (Å²) < 4.78 is 34.8. The van der Waals surface area contributed by atoms with Crippen molar-refractivity contribution in [2.45, 2.75) is 33.4 Å². The molecule has 2 N–H and O–H groups in total. The molecule has 7 heteroatoms. The molecular formula is C17H27F2N3O2. The Labute approximate surface area is 142 Å². The monoisotopic (exact) mass is 343 g/mol. The van der Waals surface area contributed by atoms with Crippen LogP contribution < -0.4 is 15.4 Å². The number of ether oxygens (including phenoxy) is 2. The second kappa shape index (κ2) is 11.6. The summed E-state index contributed by atoms with van der Waals surface area (Å²) in [6.07, 6.45) is 1.04. The third-order valence-electron chi connectivity index (χ3n) is 3.24. The molecule has 24 heavy (non-hydrogen) atoms. The average Bonchev–Trinajstić information content (AvgIpc) is 2.54. The lowest BCUT2D eigenvalue weighted by Gasteiger charge is -2.14. The number of nitrogens with zero attached hydrogens (tertiary/aromatic N) is 1. The fourth-order valence-electron chi connectivity index (χ4n) is 1.92. The average molecular weight is 343 g/mol. The van der Waals surface area contributed by atoms with Gasteiger partial charge in [-0.25, -0.2) is 0 Å². The van der Waals surface area contributed by atoms with E-state index in [1.54, 1.807) is 25.2 Å². The van der Waals surface area contributed by atoms with E-state index < -0.39 is 6.61 Å². The van der Waals surface area contributed by atoms with Gasteiger partial charge in [0.2, 0.25) is 0 Å². The lowest BCUT2D eigenvalue weighted by Crippen LogP contribution is -2.38. The quantitative estimate of drug-likeness (QED) is 0.390. The van der Waals surface area contributed by atoms with Gasteiger partial charge in [0.1, 0.15) is 5.75 Å². The molecule has 0 unspecified atom stereocenters. The highest BCUT2D eigenvalue weighted by molar-refractivity contribution is 5.79. The van der Waals surface area contributed by atoms with Crippen LogP contribution in [0.1, 0.15) is 25.8 Å². The first-order chi connectivity index (χ1) is 11.5. The first kappa shape index (κ1) is 20.2. The number of para-hydroxylation sites is 1. The number of guanidine groups is 1. The van der Waals surface area contributed by atoms with Crippen molar-refractivity contribution in [1.82, 2.24) is 10.6 Å². The van der Waals surface area contributed by atoms with Crippen LogP contribution in [0.5, 0.6) is 5.75 Å². The number of benzene rings is 1. The van der Waals surface area contributed by atoms with Crippen LogP contribution in [-0.2, 0) is 11.3 Å². The highest BCUT2D eigenvalue weighted by Gasteiger charge is 2.09. The molecule has 1 aromatic carbocycles. The van der Waals surface area contributed by atoms with Gasteiger partial charge in [-0.1, -0.05) is 32.0 Å². The van der Waals surface area contributed by atoms with Crippen LogP contribution in [0, 0.1) is 5.92 Å². The molecule has 5 nitrogen and oxygen atoms in total. The van der Waals surface area contributed by atoms with E-state index in [2.05, 4.69) is 34.2 Å². The smallest absolute Gasteiger partial charge is 0.387 e. The summed E-state index contributed by atoms with van der Waals surface area (Å²) in [5.74, 6) is 1.37. The summed E-state index contributed by atoms with van der Waals surface area (Å²) in [5.41, 5.74) is 0.633. The molecule has 0 saturated carbocycles. The lowest BCUT2D eigenvalue weighted by molar-refractivity contribution is -0.0504. The molecule has 0 aromatic heterocycles. The van der Waals surface area contributed by atoms with Crippen molar-refractivity contribution < 1.29 is 18.3 Å². The summed E-state index contributed by atoms with van der Waals surface area (Å²) in [7, 11) is 1.65. The highest BCUT2D eigenvalue weighted by Crippen LogP contribution is 2.19. The van der Waals surface area contributed by atoms with Crippen molar-refractivity contribution in [3.8, 4) is 5.75 Å². The van der Waals surface area contributed by atoms with Crippen LogP contribution in [0.2, 0.25) is 0 Å². The van der Waals surface area contributed by atoms with E-state index in [9.17, 15) is 8.78 Å². The van der Waals surface area contributed by atoms with Crippen molar-refractivity contribution in [3.63, 3.8) is 0 Å². The summed E-state index contributed by atoms with van der Waals surface area (Å²) in [6, 6.07) is 6.67. The van der Waals surface area contributed by atoms with Crippen molar-refractivity contribution in [1.29, 1.82) is 0 Å².